The molecule has 6 heteroatoms. The van der Waals surface area contributed by atoms with E-state index in [4.69, 9.17) is 9.47 Å². The summed E-state index contributed by atoms with van der Waals surface area (Å²) in [6, 6.07) is 4.98. The molecule has 0 spiro atoms. The highest BCUT2D eigenvalue weighted by Gasteiger charge is 2.21. The Morgan fingerprint density at radius 1 is 1.38 bits per heavy atom. The monoisotopic (exact) mass is 333 g/mol. The molecule has 1 aliphatic heterocycles. The molecule has 1 aliphatic rings. The van der Waals surface area contributed by atoms with Crippen LogP contribution in [-0.4, -0.2) is 49.0 Å². The lowest BCUT2D eigenvalue weighted by Gasteiger charge is -2.32. The van der Waals surface area contributed by atoms with Crippen LogP contribution in [0.4, 0.5) is 4.39 Å². The quantitative estimate of drug-likeness (QED) is 0.883. The average molecular weight is 333 g/mol. The van der Waals surface area contributed by atoms with Crippen molar-refractivity contribution in [3.05, 3.63) is 35.8 Å². The van der Waals surface area contributed by atoms with Gasteiger partial charge in [0.25, 0.3) is 0 Å². The van der Waals surface area contributed by atoms with E-state index in [0.717, 1.165) is 43.1 Å². The smallest absolute Gasteiger partial charge is 0.165 e. The molecule has 1 fully saturated rings. The Bertz CT molecular complexity index is 672. The largest absolute Gasteiger partial charge is 0.494 e. The number of methoxy groups -OCH3 is 2. The number of H-pyrrole nitrogens is 1. The number of hydrogen-bond acceptors (Lipinski definition) is 4. The maximum atomic E-state index is 14.0. The van der Waals surface area contributed by atoms with Crippen LogP contribution in [-0.2, 0) is 11.3 Å². The zero-order valence-electron chi connectivity index (χ0n) is 14.2. The van der Waals surface area contributed by atoms with Gasteiger partial charge in [-0.2, -0.15) is 5.10 Å². The highest BCUT2D eigenvalue weighted by atomic mass is 19.1. The molecule has 5 nitrogen and oxygen atoms in total. The first-order valence-corrected chi connectivity index (χ1v) is 8.28. The lowest BCUT2D eigenvalue weighted by Crippen LogP contribution is -2.36. The third-order valence-corrected chi connectivity index (χ3v) is 4.56. The average Bonchev–Trinajstić information content (AvgIpc) is 3.03. The predicted octanol–water partition coefficient (Wildman–Crippen LogP) is 3.08. The Morgan fingerprint density at radius 3 is 3.00 bits per heavy atom. The molecular formula is C18H24FN3O2. The Balaban J connectivity index is 1.74. The van der Waals surface area contributed by atoms with Gasteiger partial charge < -0.3 is 9.47 Å². The molecule has 0 radical (unpaired) electrons. The molecule has 1 aromatic carbocycles. The second-order valence-electron chi connectivity index (χ2n) is 6.32. The number of rotatable bonds is 6. The molecule has 24 heavy (non-hydrogen) atoms. The van der Waals surface area contributed by atoms with Gasteiger partial charge in [0, 0.05) is 31.3 Å². The molecule has 1 saturated heterocycles. The maximum absolute atomic E-state index is 14.0. The van der Waals surface area contributed by atoms with E-state index in [1.165, 1.54) is 26.0 Å². The summed E-state index contributed by atoms with van der Waals surface area (Å²) in [4.78, 5) is 2.42. The van der Waals surface area contributed by atoms with Crippen LogP contribution in [0, 0.1) is 11.7 Å². The van der Waals surface area contributed by atoms with Crippen molar-refractivity contribution >= 4 is 0 Å². The summed E-state index contributed by atoms with van der Waals surface area (Å²) in [5.74, 6) is 0.462. The fraction of sp³-hybridized carbons (Fsp3) is 0.500. The predicted molar refractivity (Wildman–Crippen MR) is 90.4 cm³/mol. The lowest BCUT2D eigenvalue weighted by molar-refractivity contribution is 0.0874. The van der Waals surface area contributed by atoms with Crippen molar-refractivity contribution in [2.75, 3.05) is 33.9 Å². The van der Waals surface area contributed by atoms with Crippen molar-refractivity contribution in [1.29, 1.82) is 0 Å². The normalized spacial score (nSPS) is 18.7. The zero-order chi connectivity index (χ0) is 16.9. The van der Waals surface area contributed by atoms with Gasteiger partial charge in [-0.15, -0.1) is 0 Å². The number of benzene rings is 1. The Morgan fingerprint density at radius 2 is 2.25 bits per heavy atom. The summed E-state index contributed by atoms with van der Waals surface area (Å²) >= 11 is 0. The number of ether oxygens (including phenoxy) is 2. The highest BCUT2D eigenvalue weighted by Crippen LogP contribution is 2.28. The van der Waals surface area contributed by atoms with Crippen LogP contribution in [0.15, 0.2) is 24.4 Å². The molecule has 1 N–H and O–H groups in total. The summed E-state index contributed by atoms with van der Waals surface area (Å²) in [6.07, 6.45) is 4.22. The van der Waals surface area contributed by atoms with Crippen LogP contribution in [0.3, 0.4) is 0 Å². The number of nitrogens with one attached hydrogen (secondary N) is 1. The standard InChI is InChI=1S/C18H24FN3O2/c1-23-12-13-4-3-7-22(10-13)11-15-9-20-21-18(15)14-5-6-17(24-2)16(19)8-14/h5-6,8-9,13H,3-4,7,10-12H2,1-2H3,(H,20,21)/t13-/m1/s1. The molecule has 0 bridgehead atoms. The fourth-order valence-electron chi connectivity index (χ4n) is 3.41. The van der Waals surface area contributed by atoms with Crippen molar-refractivity contribution in [2.45, 2.75) is 19.4 Å². The number of halogens is 1. The molecule has 3 rings (SSSR count). The first-order valence-electron chi connectivity index (χ1n) is 8.28. The van der Waals surface area contributed by atoms with E-state index in [0.29, 0.717) is 5.92 Å². The van der Waals surface area contributed by atoms with Gasteiger partial charge >= 0.3 is 0 Å². The minimum Gasteiger partial charge on any atom is -0.494 e. The van der Waals surface area contributed by atoms with Crippen molar-refractivity contribution in [3.63, 3.8) is 0 Å². The molecule has 1 aromatic heterocycles. The summed E-state index contributed by atoms with van der Waals surface area (Å²) in [6.45, 7) is 3.70. The molecule has 0 unspecified atom stereocenters. The summed E-state index contributed by atoms with van der Waals surface area (Å²) in [5, 5.41) is 7.17. The fourth-order valence-corrected chi connectivity index (χ4v) is 3.41. The second kappa shape index (κ2) is 7.77. The molecule has 0 amide bonds. The van der Waals surface area contributed by atoms with Gasteiger partial charge in [0.1, 0.15) is 0 Å². The first-order chi connectivity index (χ1) is 11.7. The summed E-state index contributed by atoms with van der Waals surface area (Å²) in [7, 11) is 3.22. The third kappa shape index (κ3) is 3.76. The third-order valence-electron chi connectivity index (χ3n) is 4.56. The van der Waals surface area contributed by atoms with Gasteiger partial charge in [-0.05, 0) is 43.5 Å². The van der Waals surface area contributed by atoms with E-state index in [1.807, 2.05) is 12.3 Å². The lowest BCUT2D eigenvalue weighted by atomic mass is 9.98. The van der Waals surface area contributed by atoms with Crippen molar-refractivity contribution in [1.82, 2.24) is 15.1 Å². The van der Waals surface area contributed by atoms with E-state index in [1.54, 1.807) is 13.2 Å². The van der Waals surface area contributed by atoms with Gasteiger partial charge in [-0.3, -0.25) is 10.00 Å². The highest BCUT2D eigenvalue weighted by molar-refractivity contribution is 5.63. The van der Waals surface area contributed by atoms with E-state index in [-0.39, 0.29) is 11.6 Å². The first kappa shape index (κ1) is 16.9. The van der Waals surface area contributed by atoms with Gasteiger partial charge in [0.2, 0.25) is 0 Å². The van der Waals surface area contributed by atoms with Crippen LogP contribution in [0.1, 0.15) is 18.4 Å². The van der Waals surface area contributed by atoms with Crippen LogP contribution in [0.25, 0.3) is 11.3 Å². The van der Waals surface area contributed by atoms with E-state index < -0.39 is 0 Å². The van der Waals surface area contributed by atoms with Crippen molar-refractivity contribution in [3.8, 4) is 17.0 Å². The van der Waals surface area contributed by atoms with Gasteiger partial charge in [-0.25, -0.2) is 4.39 Å². The number of nitrogens with zero attached hydrogens (tertiary/aromatic N) is 2. The Labute approximate surface area is 141 Å². The number of piperidine rings is 1. The van der Waals surface area contributed by atoms with Crippen LogP contribution in [0.2, 0.25) is 0 Å². The van der Waals surface area contributed by atoms with Crippen molar-refractivity contribution in [2.24, 2.45) is 5.92 Å². The van der Waals surface area contributed by atoms with Crippen LogP contribution >= 0.6 is 0 Å². The number of hydrogen-bond donors (Lipinski definition) is 1. The zero-order valence-corrected chi connectivity index (χ0v) is 14.2. The van der Waals surface area contributed by atoms with E-state index in [2.05, 4.69) is 15.1 Å². The molecule has 2 heterocycles. The van der Waals surface area contributed by atoms with Gasteiger partial charge in [-0.1, -0.05) is 0 Å². The topological polar surface area (TPSA) is 50.4 Å². The number of aromatic nitrogens is 2. The van der Waals surface area contributed by atoms with Gasteiger partial charge in [0.05, 0.1) is 25.6 Å². The summed E-state index contributed by atoms with van der Waals surface area (Å²) in [5.41, 5.74) is 2.73. The Hall–Kier alpha value is -1.92. The SMILES string of the molecule is COC[C@@H]1CCCN(Cc2cn[nH]c2-c2ccc(OC)c(F)c2)C1. The molecule has 0 saturated carbocycles. The molecule has 1 atom stereocenters. The number of likely N-dealkylation sites (tertiary alicyclic amines) is 1. The van der Waals surface area contributed by atoms with Crippen LogP contribution in [0.5, 0.6) is 5.75 Å². The van der Waals surface area contributed by atoms with Crippen LogP contribution < -0.4 is 4.74 Å². The minimum absolute atomic E-state index is 0.248. The second-order valence-corrected chi connectivity index (χ2v) is 6.32. The van der Waals surface area contributed by atoms with Gasteiger partial charge in [0.15, 0.2) is 11.6 Å². The molecule has 2 aromatic rings. The van der Waals surface area contributed by atoms with Crippen molar-refractivity contribution < 1.29 is 13.9 Å². The van der Waals surface area contributed by atoms with E-state index >= 15 is 0 Å². The maximum Gasteiger partial charge on any atom is 0.165 e. The molecule has 0 aliphatic carbocycles. The minimum atomic E-state index is -0.367. The van der Waals surface area contributed by atoms with E-state index in [9.17, 15) is 4.39 Å². The molecule has 130 valence electrons. The summed E-state index contributed by atoms with van der Waals surface area (Å²) < 4.78 is 24.3. The molecular weight excluding hydrogens is 309 g/mol. The Kier molecular flexibility index (Phi) is 5.48. The number of aromatic amines is 1.